The number of hydrogen-bond acceptors (Lipinski definition) is 2. The zero-order chi connectivity index (χ0) is 11.3. The van der Waals surface area contributed by atoms with Crippen molar-refractivity contribution >= 4 is 0 Å². The molecular weight excluding hydrogens is 198 g/mol. The molecule has 1 atom stereocenters. The van der Waals surface area contributed by atoms with Gasteiger partial charge in [0.25, 0.3) is 0 Å². The van der Waals surface area contributed by atoms with Gasteiger partial charge in [0, 0.05) is 37.7 Å². The Morgan fingerprint density at radius 1 is 1.50 bits per heavy atom. The minimum absolute atomic E-state index is 0.489. The zero-order valence-corrected chi connectivity index (χ0v) is 10.5. The molecule has 1 unspecified atom stereocenters. The summed E-state index contributed by atoms with van der Waals surface area (Å²) in [4.78, 5) is 4.80. The molecule has 1 fully saturated rings. The second kappa shape index (κ2) is 3.33. The van der Waals surface area contributed by atoms with Crippen molar-refractivity contribution in [2.24, 2.45) is 5.41 Å². The van der Waals surface area contributed by atoms with Crippen molar-refractivity contribution in [1.82, 2.24) is 14.9 Å². The van der Waals surface area contributed by atoms with Crippen LogP contribution in [0.15, 0.2) is 0 Å². The average molecular weight is 219 g/mol. The highest BCUT2D eigenvalue weighted by Crippen LogP contribution is 2.56. The Morgan fingerprint density at radius 2 is 2.25 bits per heavy atom. The van der Waals surface area contributed by atoms with Gasteiger partial charge < -0.3 is 9.88 Å². The number of rotatable bonds is 2. The predicted molar refractivity (Wildman–Crippen MR) is 64.5 cm³/mol. The second-order valence-electron chi connectivity index (χ2n) is 5.78. The minimum atomic E-state index is 0.489. The Bertz CT molecular complexity index is 417. The van der Waals surface area contributed by atoms with Crippen molar-refractivity contribution in [2.45, 2.75) is 52.6 Å². The van der Waals surface area contributed by atoms with E-state index in [9.17, 15) is 0 Å². The van der Waals surface area contributed by atoms with Crippen LogP contribution < -0.4 is 5.32 Å². The maximum Gasteiger partial charge on any atom is 0.109 e. The van der Waals surface area contributed by atoms with Gasteiger partial charge in [0.1, 0.15) is 5.82 Å². The van der Waals surface area contributed by atoms with E-state index in [4.69, 9.17) is 4.98 Å². The fourth-order valence-electron chi connectivity index (χ4n) is 2.89. The summed E-state index contributed by atoms with van der Waals surface area (Å²) < 4.78 is 2.55. The highest BCUT2D eigenvalue weighted by molar-refractivity contribution is 5.24. The van der Waals surface area contributed by atoms with E-state index in [1.54, 1.807) is 0 Å². The molecule has 0 aromatic carbocycles. The molecule has 3 nitrogen and oxygen atoms in total. The number of nitrogens with one attached hydrogen (secondary N) is 1. The summed E-state index contributed by atoms with van der Waals surface area (Å²) in [7, 11) is 0. The first-order chi connectivity index (χ1) is 7.63. The highest BCUT2D eigenvalue weighted by atomic mass is 15.2. The number of nitrogens with zero attached hydrogens (tertiary/aromatic N) is 2. The van der Waals surface area contributed by atoms with Crippen LogP contribution in [0, 0.1) is 5.41 Å². The van der Waals surface area contributed by atoms with Gasteiger partial charge in [0.15, 0.2) is 0 Å². The van der Waals surface area contributed by atoms with Gasteiger partial charge in [-0.1, -0.05) is 20.8 Å². The molecule has 0 spiro atoms. The molecule has 1 aliphatic heterocycles. The monoisotopic (exact) mass is 219 g/mol. The summed E-state index contributed by atoms with van der Waals surface area (Å²) in [6.45, 7) is 9.01. The number of hydrogen-bond donors (Lipinski definition) is 1. The van der Waals surface area contributed by atoms with E-state index >= 15 is 0 Å². The normalized spacial score (nSPS) is 26.6. The van der Waals surface area contributed by atoms with Crippen molar-refractivity contribution in [1.29, 1.82) is 0 Å². The lowest BCUT2D eigenvalue weighted by Crippen LogP contribution is -2.25. The van der Waals surface area contributed by atoms with E-state index in [0.29, 0.717) is 11.5 Å². The molecule has 1 aromatic rings. The Balaban J connectivity index is 2.04. The zero-order valence-electron chi connectivity index (χ0n) is 10.5. The highest BCUT2D eigenvalue weighted by Gasteiger charge is 2.48. The third kappa shape index (κ3) is 1.41. The molecule has 1 aromatic heterocycles. The Kier molecular flexibility index (Phi) is 2.15. The fraction of sp³-hybridized carbons (Fsp3) is 0.769. The molecule has 2 heterocycles. The van der Waals surface area contributed by atoms with Gasteiger partial charge in [-0.3, -0.25) is 0 Å². The second-order valence-corrected chi connectivity index (χ2v) is 5.78. The summed E-state index contributed by atoms with van der Waals surface area (Å²) >= 11 is 0. The van der Waals surface area contributed by atoms with Gasteiger partial charge in [-0.25, -0.2) is 4.98 Å². The largest absolute Gasteiger partial charge is 0.328 e. The van der Waals surface area contributed by atoms with Crippen molar-refractivity contribution in [3.8, 4) is 0 Å². The molecule has 0 saturated heterocycles. The summed E-state index contributed by atoms with van der Waals surface area (Å²) in [5, 5.41) is 3.41. The van der Waals surface area contributed by atoms with Gasteiger partial charge in [0.05, 0.1) is 5.69 Å². The molecule has 88 valence electrons. The lowest BCUT2D eigenvalue weighted by molar-refractivity contribution is 0.505. The quantitative estimate of drug-likeness (QED) is 0.825. The van der Waals surface area contributed by atoms with E-state index in [1.165, 1.54) is 23.6 Å². The van der Waals surface area contributed by atoms with Crippen molar-refractivity contribution in [2.75, 3.05) is 6.54 Å². The molecule has 0 bridgehead atoms. The van der Waals surface area contributed by atoms with Crippen LogP contribution in [0.5, 0.6) is 0 Å². The number of imidazole rings is 1. The summed E-state index contributed by atoms with van der Waals surface area (Å²) in [5.41, 5.74) is 3.29. The van der Waals surface area contributed by atoms with Gasteiger partial charge >= 0.3 is 0 Å². The average Bonchev–Trinajstić information content (AvgIpc) is 2.76. The molecule has 1 N–H and O–H groups in total. The molecule has 2 aliphatic rings. The molecule has 16 heavy (non-hydrogen) atoms. The predicted octanol–water partition coefficient (Wildman–Crippen LogP) is 2.06. The lowest BCUT2D eigenvalue weighted by atomic mass is 10.1. The van der Waals surface area contributed by atoms with Crippen LogP contribution in [0.3, 0.4) is 0 Å². The van der Waals surface area contributed by atoms with Crippen LogP contribution >= 0.6 is 0 Å². The van der Waals surface area contributed by atoms with Crippen LogP contribution in [0.1, 0.15) is 50.4 Å². The van der Waals surface area contributed by atoms with Gasteiger partial charge in [-0.15, -0.1) is 0 Å². The SMILES string of the molecule is CCc1nc2c(n1C1CC1(C)C)CCNC2. The maximum absolute atomic E-state index is 4.80. The Labute approximate surface area is 97.3 Å². The molecule has 3 rings (SSSR count). The van der Waals surface area contributed by atoms with Crippen molar-refractivity contribution in [3.63, 3.8) is 0 Å². The van der Waals surface area contributed by atoms with Crippen LogP contribution in [0.25, 0.3) is 0 Å². The van der Waals surface area contributed by atoms with Crippen LogP contribution in [0.2, 0.25) is 0 Å². The third-order valence-electron chi connectivity index (χ3n) is 4.09. The molecule has 0 radical (unpaired) electrons. The van der Waals surface area contributed by atoms with Crippen LogP contribution in [-0.2, 0) is 19.4 Å². The maximum atomic E-state index is 4.80. The van der Waals surface area contributed by atoms with Crippen molar-refractivity contribution < 1.29 is 0 Å². The van der Waals surface area contributed by atoms with Crippen molar-refractivity contribution in [3.05, 3.63) is 17.2 Å². The first-order valence-electron chi connectivity index (χ1n) is 6.43. The van der Waals surface area contributed by atoms with Crippen LogP contribution in [-0.4, -0.2) is 16.1 Å². The van der Waals surface area contributed by atoms with Gasteiger partial charge in [-0.05, 0) is 11.8 Å². The smallest absolute Gasteiger partial charge is 0.109 e. The summed E-state index contributed by atoms with van der Waals surface area (Å²) in [6, 6.07) is 0.705. The molecule has 0 amide bonds. The Morgan fingerprint density at radius 3 is 2.88 bits per heavy atom. The topological polar surface area (TPSA) is 29.9 Å². The molecule has 1 saturated carbocycles. The van der Waals surface area contributed by atoms with Gasteiger partial charge in [-0.2, -0.15) is 0 Å². The van der Waals surface area contributed by atoms with E-state index in [2.05, 4.69) is 30.7 Å². The molecule has 1 aliphatic carbocycles. The fourth-order valence-corrected chi connectivity index (χ4v) is 2.89. The number of aromatic nitrogens is 2. The number of aryl methyl sites for hydroxylation is 1. The van der Waals surface area contributed by atoms with E-state index in [0.717, 1.165) is 25.9 Å². The third-order valence-corrected chi connectivity index (χ3v) is 4.09. The van der Waals surface area contributed by atoms with Crippen LogP contribution in [0.4, 0.5) is 0 Å². The Hall–Kier alpha value is -0.830. The van der Waals surface area contributed by atoms with E-state index in [-0.39, 0.29) is 0 Å². The summed E-state index contributed by atoms with van der Waals surface area (Å²) in [6.07, 6.45) is 3.52. The standard InChI is InChI=1S/C13H21N3/c1-4-12-15-9-8-14-6-5-10(9)16(12)11-7-13(11,2)3/h11,14H,4-8H2,1-3H3. The number of fused-ring (bicyclic) bond motifs is 1. The first-order valence-corrected chi connectivity index (χ1v) is 6.43. The summed E-state index contributed by atoms with van der Waals surface area (Å²) in [5.74, 6) is 1.30. The van der Waals surface area contributed by atoms with Gasteiger partial charge in [0.2, 0.25) is 0 Å². The van der Waals surface area contributed by atoms with E-state index in [1.807, 2.05) is 0 Å². The minimum Gasteiger partial charge on any atom is -0.328 e. The lowest BCUT2D eigenvalue weighted by Gasteiger charge is -2.17. The first kappa shape index (κ1) is 10.3. The van der Waals surface area contributed by atoms with E-state index < -0.39 is 0 Å². The molecule has 3 heteroatoms. The molecular formula is C13H21N3.